The van der Waals surface area contributed by atoms with Crippen molar-refractivity contribution < 1.29 is 18.0 Å². The topological polar surface area (TPSA) is 108 Å². The highest BCUT2D eigenvalue weighted by Crippen LogP contribution is 2.28. The molecule has 0 aliphatic carbocycles. The number of benzene rings is 2. The lowest BCUT2D eigenvalue weighted by Gasteiger charge is -2.21. The van der Waals surface area contributed by atoms with Crippen molar-refractivity contribution in [3.63, 3.8) is 0 Å². The molecule has 2 aromatic carbocycles. The third-order valence-corrected chi connectivity index (χ3v) is 7.56. The van der Waals surface area contributed by atoms with Crippen LogP contribution in [0.25, 0.3) is 0 Å². The molecule has 3 amide bonds. The van der Waals surface area contributed by atoms with Crippen LogP contribution < -0.4 is 16.0 Å². The Hall–Kier alpha value is -2.88. The number of nitrogens with one attached hydrogen (secondary N) is 3. The molecule has 3 rings (SSSR count). The summed E-state index contributed by atoms with van der Waals surface area (Å²) in [5, 5.41) is 8.07. The number of anilines is 2. The minimum absolute atomic E-state index is 0.0659. The molecule has 1 fully saturated rings. The fourth-order valence-corrected chi connectivity index (χ4v) is 5.46. The first-order chi connectivity index (χ1) is 15.8. The Balaban J connectivity index is 1.72. The summed E-state index contributed by atoms with van der Waals surface area (Å²) in [6, 6.07) is 10.4. The van der Waals surface area contributed by atoms with Crippen LogP contribution in [0.15, 0.2) is 60.0 Å². The highest BCUT2D eigenvalue weighted by atomic mass is 35.5. The number of hydrogen-bond acceptors (Lipinski definition) is 4. The number of amides is 3. The van der Waals surface area contributed by atoms with Crippen LogP contribution in [-0.4, -0.2) is 44.3 Å². The van der Waals surface area contributed by atoms with Crippen molar-refractivity contribution in [2.75, 3.05) is 30.3 Å². The SMILES string of the molecule is C=CCNC(=O)Nc1ccc(NC(=O)c2ccc(Cl)c(S(=O)(=O)N3CCCCCC3)c2)cc1. The molecule has 1 heterocycles. The maximum Gasteiger partial charge on any atom is 0.319 e. The van der Waals surface area contributed by atoms with Crippen LogP contribution in [-0.2, 0) is 10.0 Å². The lowest BCUT2D eigenvalue weighted by atomic mass is 10.2. The van der Waals surface area contributed by atoms with Gasteiger partial charge in [0.2, 0.25) is 10.0 Å². The number of carbonyl (C=O) groups is 2. The van der Waals surface area contributed by atoms with Gasteiger partial charge in [-0.3, -0.25) is 4.79 Å². The number of carbonyl (C=O) groups excluding carboxylic acids is 2. The lowest BCUT2D eigenvalue weighted by molar-refractivity contribution is 0.102. The quantitative estimate of drug-likeness (QED) is 0.498. The van der Waals surface area contributed by atoms with E-state index < -0.39 is 15.9 Å². The molecule has 1 aliphatic heterocycles. The Morgan fingerprint density at radius 1 is 0.970 bits per heavy atom. The number of sulfonamides is 1. The first kappa shape index (κ1) is 24.8. The molecule has 33 heavy (non-hydrogen) atoms. The molecule has 0 unspecified atom stereocenters. The van der Waals surface area contributed by atoms with Gasteiger partial charge in [0.1, 0.15) is 4.90 Å². The van der Waals surface area contributed by atoms with Crippen LogP contribution in [0, 0.1) is 0 Å². The summed E-state index contributed by atoms with van der Waals surface area (Å²) in [5.74, 6) is -0.469. The Bertz CT molecular complexity index is 1110. The van der Waals surface area contributed by atoms with Gasteiger partial charge in [0, 0.05) is 36.6 Å². The average Bonchev–Trinajstić information content (AvgIpc) is 3.09. The predicted molar refractivity (Wildman–Crippen MR) is 130 cm³/mol. The molecule has 8 nitrogen and oxygen atoms in total. The smallest absolute Gasteiger partial charge is 0.319 e. The number of halogens is 1. The van der Waals surface area contributed by atoms with E-state index in [1.807, 2.05) is 0 Å². The zero-order chi connectivity index (χ0) is 23.8. The summed E-state index contributed by atoms with van der Waals surface area (Å²) in [7, 11) is -3.80. The number of rotatable bonds is 7. The summed E-state index contributed by atoms with van der Waals surface area (Å²) in [6.45, 7) is 4.76. The van der Waals surface area contributed by atoms with Gasteiger partial charge in [-0.1, -0.05) is 30.5 Å². The molecule has 1 aliphatic rings. The summed E-state index contributed by atoms with van der Waals surface area (Å²) in [5.41, 5.74) is 1.22. The molecule has 0 bridgehead atoms. The monoisotopic (exact) mass is 490 g/mol. The molecule has 0 atom stereocenters. The van der Waals surface area contributed by atoms with E-state index in [4.69, 9.17) is 11.6 Å². The molecule has 0 aromatic heterocycles. The molecule has 0 radical (unpaired) electrons. The van der Waals surface area contributed by atoms with Crippen LogP contribution in [0.3, 0.4) is 0 Å². The third-order valence-electron chi connectivity index (χ3n) is 5.18. The molecule has 0 saturated carbocycles. The minimum Gasteiger partial charge on any atom is -0.334 e. The maximum absolute atomic E-state index is 13.2. The van der Waals surface area contributed by atoms with Gasteiger partial charge in [-0.2, -0.15) is 4.31 Å². The zero-order valence-corrected chi connectivity index (χ0v) is 19.7. The molecular weight excluding hydrogens is 464 g/mol. The highest BCUT2D eigenvalue weighted by molar-refractivity contribution is 7.89. The number of nitrogens with zero attached hydrogens (tertiary/aromatic N) is 1. The van der Waals surface area contributed by atoms with Crippen molar-refractivity contribution in [2.45, 2.75) is 30.6 Å². The molecule has 0 spiro atoms. The second kappa shape index (κ2) is 11.3. The van der Waals surface area contributed by atoms with E-state index in [9.17, 15) is 18.0 Å². The van der Waals surface area contributed by atoms with Crippen LogP contribution in [0.2, 0.25) is 5.02 Å². The summed E-state index contributed by atoms with van der Waals surface area (Å²) < 4.78 is 27.7. The Kier molecular flexibility index (Phi) is 8.49. The zero-order valence-electron chi connectivity index (χ0n) is 18.1. The number of urea groups is 1. The van der Waals surface area contributed by atoms with E-state index in [1.54, 1.807) is 30.3 Å². The van der Waals surface area contributed by atoms with Gasteiger partial charge in [0.25, 0.3) is 5.91 Å². The largest absolute Gasteiger partial charge is 0.334 e. The van der Waals surface area contributed by atoms with Crippen LogP contribution in [0.4, 0.5) is 16.2 Å². The summed E-state index contributed by atoms with van der Waals surface area (Å²) >= 11 is 6.21. The molecule has 3 N–H and O–H groups in total. The van der Waals surface area contributed by atoms with Gasteiger partial charge in [0.05, 0.1) is 5.02 Å². The van der Waals surface area contributed by atoms with Crippen molar-refractivity contribution >= 4 is 44.9 Å². The van der Waals surface area contributed by atoms with Gasteiger partial charge in [0.15, 0.2) is 0 Å². The molecule has 1 saturated heterocycles. The van der Waals surface area contributed by atoms with Crippen molar-refractivity contribution in [2.24, 2.45) is 0 Å². The predicted octanol–water partition coefficient (Wildman–Crippen LogP) is 4.46. The van der Waals surface area contributed by atoms with E-state index in [2.05, 4.69) is 22.5 Å². The van der Waals surface area contributed by atoms with Gasteiger partial charge >= 0.3 is 6.03 Å². The summed E-state index contributed by atoms with van der Waals surface area (Å²) in [6.07, 6.45) is 5.17. The fraction of sp³-hybridized carbons (Fsp3) is 0.304. The molecule has 176 valence electrons. The van der Waals surface area contributed by atoms with Gasteiger partial charge in [-0.15, -0.1) is 6.58 Å². The van der Waals surface area contributed by atoms with Gasteiger partial charge < -0.3 is 16.0 Å². The van der Waals surface area contributed by atoms with Gasteiger partial charge in [-0.25, -0.2) is 13.2 Å². The fourth-order valence-electron chi connectivity index (χ4n) is 3.44. The molecule has 10 heteroatoms. The van der Waals surface area contributed by atoms with Crippen LogP contribution in [0.1, 0.15) is 36.0 Å². The standard InChI is InChI=1S/C23H27ClN4O4S/c1-2-13-25-23(30)27-19-10-8-18(9-11-19)26-22(29)17-7-12-20(24)21(16-17)33(31,32)28-14-5-3-4-6-15-28/h2,7-12,16H,1,3-6,13-15H2,(H,26,29)(H2,25,27,30). The Morgan fingerprint density at radius 2 is 1.58 bits per heavy atom. The molecular formula is C23H27ClN4O4S. The average molecular weight is 491 g/mol. The Labute approximate surface area is 199 Å². The van der Waals surface area contributed by atoms with Crippen molar-refractivity contribution in [1.82, 2.24) is 9.62 Å². The lowest BCUT2D eigenvalue weighted by Crippen LogP contribution is -2.32. The van der Waals surface area contributed by atoms with Crippen LogP contribution in [0.5, 0.6) is 0 Å². The second-order valence-electron chi connectivity index (χ2n) is 7.62. The van der Waals surface area contributed by atoms with E-state index in [-0.39, 0.29) is 21.5 Å². The highest BCUT2D eigenvalue weighted by Gasteiger charge is 2.28. The van der Waals surface area contributed by atoms with E-state index >= 15 is 0 Å². The van der Waals surface area contributed by atoms with Crippen molar-refractivity contribution in [1.29, 1.82) is 0 Å². The first-order valence-corrected chi connectivity index (χ1v) is 12.5. The van der Waals surface area contributed by atoms with Crippen molar-refractivity contribution in [3.05, 3.63) is 65.7 Å². The van der Waals surface area contributed by atoms with E-state index in [1.165, 1.54) is 22.5 Å². The van der Waals surface area contributed by atoms with Crippen molar-refractivity contribution in [3.8, 4) is 0 Å². The van der Waals surface area contributed by atoms with E-state index in [0.717, 1.165) is 25.7 Å². The molecule has 2 aromatic rings. The van der Waals surface area contributed by atoms with Crippen LogP contribution >= 0.6 is 11.6 Å². The second-order valence-corrected chi connectivity index (χ2v) is 9.93. The third kappa shape index (κ3) is 6.56. The number of hydrogen-bond donors (Lipinski definition) is 3. The minimum atomic E-state index is -3.80. The first-order valence-electron chi connectivity index (χ1n) is 10.7. The maximum atomic E-state index is 13.2. The Morgan fingerprint density at radius 3 is 2.18 bits per heavy atom. The normalized spacial score (nSPS) is 14.7. The summed E-state index contributed by atoms with van der Waals surface area (Å²) in [4.78, 5) is 24.4. The van der Waals surface area contributed by atoms with Gasteiger partial charge in [-0.05, 0) is 55.3 Å². The van der Waals surface area contributed by atoms with E-state index in [0.29, 0.717) is 31.0 Å².